The van der Waals surface area contributed by atoms with Gasteiger partial charge in [0.05, 0.1) is 19.8 Å². The molecule has 0 saturated carbocycles. The van der Waals surface area contributed by atoms with Gasteiger partial charge >= 0.3 is 0 Å². The molecule has 1 aromatic rings. The molecule has 0 atom stereocenters. The molecule has 0 saturated heterocycles. The molecule has 1 aromatic carbocycles. The summed E-state index contributed by atoms with van der Waals surface area (Å²) in [5.41, 5.74) is 6.55. The maximum absolute atomic E-state index is 6.04. The molecule has 0 radical (unpaired) electrons. The number of guanidine groups is 1. The highest BCUT2D eigenvalue weighted by Gasteiger charge is 2.09. The van der Waals surface area contributed by atoms with E-state index >= 15 is 0 Å². The van der Waals surface area contributed by atoms with Gasteiger partial charge in [0.15, 0.2) is 5.96 Å². The van der Waals surface area contributed by atoms with Crippen molar-refractivity contribution in [3.05, 3.63) is 33.8 Å². The number of nitrogens with two attached hydrogens (primary N) is 1. The molecule has 0 unspecified atom stereocenters. The number of nitrogens with one attached hydrogen (secondary N) is 1. The second kappa shape index (κ2) is 7.72. The van der Waals surface area contributed by atoms with Crippen LogP contribution in [0.25, 0.3) is 0 Å². The highest BCUT2D eigenvalue weighted by Crippen LogP contribution is 2.21. The van der Waals surface area contributed by atoms with Crippen molar-refractivity contribution in [2.24, 2.45) is 10.7 Å². The van der Waals surface area contributed by atoms with E-state index in [1.54, 1.807) is 12.1 Å². The summed E-state index contributed by atoms with van der Waals surface area (Å²) < 4.78 is 5.50. The maximum atomic E-state index is 6.04. The van der Waals surface area contributed by atoms with Crippen LogP contribution in [0.3, 0.4) is 0 Å². The van der Waals surface area contributed by atoms with Gasteiger partial charge in [-0.3, -0.25) is 4.99 Å². The highest BCUT2D eigenvalue weighted by molar-refractivity contribution is 6.35. The van der Waals surface area contributed by atoms with Crippen molar-refractivity contribution in [2.75, 3.05) is 13.2 Å². The van der Waals surface area contributed by atoms with E-state index in [4.69, 9.17) is 33.7 Å². The second-order valence-corrected chi connectivity index (χ2v) is 6.27. The Kier molecular flexibility index (Phi) is 6.59. The van der Waals surface area contributed by atoms with E-state index in [9.17, 15) is 0 Å². The normalized spacial score (nSPS) is 12.6. The van der Waals surface area contributed by atoms with Crippen LogP contribution in [0, 0.1) is 0 Å². The average Bonchev–Trinajstić information content (AvgIpc) is 2.28. The third-order valence-electron chi connectivity index (χ3n) is 2.29. The van der Waals surface area contributed by atoms with Gasteiger partial charge in [-0.15, -0.1) is 0 Å². The fraction of sp³-hybridized carbons (Fsp3) is 0.500. The Morgan fingerprint density at radius 1 is 1.35 bits per heavy atom. The topological polar surface area (TPSA) is 59.6 Å². The second-order valence-electron chi connectivity index (χ2n) is 5.43. The minimum absolute atomic E-state index is 0.0920. The number of halogens is 2. The lowest BCUT2D eigenvalue weighted by molar-refractivity contribution is 0.128. The van der Waals surface area contributed by atoms with Gasteiger partial charge in [0.25, 0.3) is 0 Å². The molecular weight excluding hydrogens is 297 g/mol. The van der Waals surface area contributed by atoms with Gasteiger partial charge in [0.2, 0.25) is 0 Å². The number of rotatable bonds is 5. The molecule has 0 aliphatic heterocycles. The van der Waals surface area contributed by atoms with Crippen molar-refractivity contribution in [3.8, 4) is 0 Å². The Balaban J connectivity index is 2.30. The van der Waals surface area contributed by atoms with Crippen molar-refractivity contribution in [3.63, 3.8) is 0 Å². The molecule has 6 heteroatoms. The van der Waals surface area contributed by atoms with Crippen LogP contribution >= 0.6 is 23.2 Å². The molecule has 0 bridgehead atoms. The van der Waals surface area contributed by atoms with E-state index in [2.05, 4.69) is 10.3 Å². The summed E-state index contributed by atoms with van der Waals surface area (Å²) in [6.07, 6.45) is 0. The quantitative estimate of drug-likeness (QED) is 0.498. The molecule has 4 nitrogen and oxygen atoms in total. The predicted molar refractivity (Wildman–Crippen MR) is 85.5 cm³/mol. The number of nitrogens with zero attached hydrogens (tertiary/aromatic N) is 1. The van der Waals surface area contributed by atoms with Crippen LogP contribution in [0.2, 0.25) is 10.0 Å². The average molecular weight is 318 g/mol. The fourth-order valence-electron chi connectivity index (χ4n) is 1.48. The Morgan fingerprint density at radius 2 is 2.05 bits per heavy atom. The SMILES string of the molecule is CC(C)(C)NC(N)=NCCOCc1ccc(Cl)cc1Cl. The Labute approximate surface area is 130 Å². The summed E-state index contributed by atoms with van der Waals surface area (Å²) in [4.78, 5) is 4.18. The largest absolute Gasteiger partial charge is 0.375 e. The molecule has 0 heterocycles. The van der Waals surface area contributed by atoms with E-state index in [0.29, 0.717) is 35.8 Å². The molecule has 20 heavy (non-hydrogen) atoms. The molecule has 0 aromatic heterocycles. The lowest BCUT2D eigenvalue weighted by Gasteiger charge is -2.20. The molecular formula is C14H21Cl2N3O. The van der Waals surface area contributed by atoms with Crippen molar-refractivity contribution >= 4 is 29.2 Å². The molecule has 0 spiro atoms. The van der Waals surface area contributed by atoms with Gasteiger partial charge < -0.3 is 15.8 Å². The fourth-order valence-corrected chi connectivity index (χ4v) is 1.94. The number of hydrogen-bond acceptors (Lipinski definition) is 2. The molecule has 112 valence electrons. The Bertz CT molecular complexity index is 470. The van der Waals surface area contributed by atoms with Crippen LogP contribution in [0.15, 0.2) is 23.2 Å². The third kappa shape index (κ3) is 6.98. The summed E-state index contributed by atoms with van der Waals surface area (Å²) in [7, 11) is 0. The molecule has 1 rings (SSSR count). The van der Waals surface area contributed by atoms with Crippen LogP contribution in [0.1, 0.15) is 26.3 Å². The number of hydrogen-bond donors (Lipinski definition) is 2. The summed E-state index contributed by atoms with van der Waals surface area (Å²) in [5.74, 6) is 0.422. The zero-order valence-corrected chi connectivity index (χ0v) is 13.6. The summed E-state index contributed by atoms with van der Waals surface area (Å²) in [5, 5.41) is 4.30. The third-order valence-corrected chi connectivity index (χ3v) is 2.88. The number of benzene rings is 1. The lowest BCUT2D eigenvalue weighted by atomic mass is 10.1. The first-order valence-corrected chi connectivity index (χ1v) is 7.13. The first-order valence-electron chi connectivity index (χ1n) is 6.38. The summed E-state index contributed by atoms with van der Waals surface area (Å²) in [6, 6.07) is 5.34. The minimum atomic E-state index is -0.0920. The minimum Gasteiger partial charge on any atom is -0.375 e. The predicted octanol–water partition coefficient (Wildman–Crippen LogP) is 3.21. The first-order chi connectivity index (χ1) is 9.28. The molecule has 0 amide bonds. The van der Waals surface area contributed by atoms with Crippen molar-refractivity contribution in [1.29, 1.82) is 0 Å². The van der Waals surface area contributed by atoms with E-state index in [1.165, 1.54) is 0 Å². The first kappa shape index (κ1) is 17.1. The maximum Gasteiger partial charge on any atom is 0.189 e. The summed E-state index contributed by atoms with van der Waals surface area (Å²) in [6.45, 7) is 7.47. The van der Waals surface area contributed by atoms with Crippen LogP contribution in [0.4, 0.5) is 0 Å². The van der Waals surface area contributed by atoms with Gasteiger partial charge in [-0.1, -0.05) is 29.3 Å². The van der Waals surface area contributed by atoms with Gasteiger partial charge in [0, 0.05) is 15.6 Å². The van der Waals surface area contributed by atoms with E-state index in [1.807, 2.05) is 26.8 Å². The van der Waals surface area contributed by atoms with Gasteiger partial charge in [-0.25, -0.2) is 0 Å². The molecule has 0 aliphatic carbocycles. The zero-order valence-electron chi connectivity index (χ0n) is 12.0. The molecule has 3 N–H and O–H groups in total. The number of aliphatic imine (C=N–C) groups is 1. The van der Waals surface area contributed by atoms with E-state index < -0.39 is 0 Å². The van der Waals surface area contributed by atoms with Gasteiger partial charge in [-0.05, 0) is 38.5 Å². The molecule has 0 fully saturated rings. The van der Waals surface area contributed by atoms with Crippen LogP contribution in [-0.2, 0) is 11.3 Å². The highest BCUT2D eigenvalue weighted by atomic mass is 35.5. The van der Waals surface area contributed by atoms with Crippen LogP contribution < -0.4 is 11.1 Å². The number of ether oxygens (including phenoxy) is 1. The summed E-state index contributed by atoms with van der Waals surface area (Å²) >= 11 is 11.9. The van der Waals surface area contributed by atoms with Crippen LogP contribution in [-0.4, -0.2) is 24.7 Å². The lowest BCUT2D eigenvalue weighted by Crippen LogP contribution is -2.45. The standard InChI is InChI=1S/C14H21Cl2N3O/c1-14(2,3)19-13(17)18-6-7-20-9-10-4-5-11(15)8-12(10)16/h4-5,8H,6-7,9H2,1-3H3,(H3,17,18,19). The molecule has 0 aliphatic rings. The van der Waals surface area contributed by atoms with Crippen LogP contribution in [0.5, 0.6) is 0 Å². The smallest absolute Gasteiger partial charge is 0.189 e. The van der Waals surface area contributed by atoms with Crippen molar-refractivity contribution < 1.29 is 4.74 Å². The van der Waals surface area contributed by atoms with Crippen molar-refractivity contribution in [2.45, 2.75) is 32.9 Å². The van der Waals surface area contributed by atoms with E-state index in [-0.39, 0.29) is 5.54 Å². The monoisotopic (exact) mass is 317 g/mol. The Morgan fingerprint density at radius 3 is 2.65 bits per heavy atom. The Hall–Kier alpha value is -0.970. The van der Waals surface area contributed by atoms with E-state index in [0.717, 1.165) is 5.56 Å². The van der Waals surface area contributed by atoms with Crippen molar-refractivity contribution in [1.82, 2.24) is 5.32 Å². The van der Waals surface area contributed by atoms with Gasteiger partial charge in [-0.2, -0.15) is 0 Å². The zero-order chi connectivity index (χ0) is 15.2. The van der Waals surface area contributed by atoms with Gasteiger partial charge in [0.1, 0.15) is 0 Å².